The number of piperidine rings is 1. The highest BCUT2D eigenvalue weighted by atomic mass is 35.5. The van der Waals surface area contributed by atoms with Crippen molar-refractivity contribution in [2.45, 2.75) is 86.6 Å². The van der Waals surface area contributed by atoms with Crippen molar-refractivity contribution in [1.29, 1.82) is 0 Å². The lowest BCUT2D eigenvalue weighted by molar-refractivity contribution is -0.0426. The zero-order valence-electron chi connectivity index (χ0n) is 29.9. The lowest BCUT2D eigenvalue weighted by Crippen LogP contribution is -2.43. The Labute approximate surface area is 315 Å². The van der Waals surface area contributed by atoms with Crippen molar-refractivity contribution in [3.05, 3.63) is 120 Å². The molecule has 2 bridgehead atoms. The third kappa shape index (κ3) is 11.3. The smallest absolute Gasteiger partial charge is 0.365 e. The largest absolute Gasteiger partial charge is 0.394 e. The monoisotopic (exact) mass is 753 g/mol. The molecule has 3 atom stereocenters. The van der Waals surface area contributed by atoms with Crippen LogP contribution in [0.25, 0.3) is 0 Å². The first kappa shape index (κ1) is 40.8. The van der Waals surface area contributed by atoms with E-state index in [1.54, 1.807) is 0 Å². The maximum absolute atomic E-state index is 8.74. The van der Waals surface area contributed by atoms with Gasteiger partial charge in [0, 0.05) is 34.5 Å². The zero-order chi connectivity index (χ0) is 35.7. The van der Waals surface area contributed by atoms with Gasteiger partial charge in [0.1, 0.15) is 6.10 Å². The highest BCUT2D eigenvalue weighted by Crippen LogP contribution is 2.48. The molecule has 0 amide bonds. The van der Waals surface area contributed by atoms with Crippen LogP contribution in [0.1, 0.15) is 63.7 Å². The molecule has 4 aromatic carbocycles. The van der Waals surface area contributed by atoms with Crippen molar-refractivity contribution in [2.75, 3.05) is 31.6 Å². The third-order valence-electron chi connectivity index (χ3n) is 10.0. The third-order valence-corrected chi connectivity index (χ3v) is 11.1. The van der Waals surface area contributed by atoms with Crippen LogP contribution in [0, 0.1) is 0 Å². The molecule has 0 radical (unpaired) electrons. The van der Waals surface area contributed by atoms with Crippen LogP contribution in [0.2, 0.25) is 0 Å². The predicted octanol–water partition coefficient (Wildman–Crippen LogP) is 9.21. The number of halogens is 1. The summed E-state index contributed by atoms with van der Waals surface area (Å²) in [4.78, 5) is 10.3. The number of hydrogen-bond donors (Lipinski definition) is 2. The molecule has 7 rings (SSSR count). The maximum atomic E-state index is 8.74. The Morgan fingerprint density at radius 3 is 1.61 bits per heavy atom. The van der Waals surface area contributed by atoms with E-state index < -0.39 is 10.4 Å². The molecule has 0 aromatic heterocycles. The molecular formula is C40H52ClN3O5S2. The molecule has 0 spiro atoms. The van der Waals surface area contributed by atoms with E-state index in [1.165, 1.54) is 58.0 Å². The average molecular weight is 754 g/mol. The van der Waals surface area contributed by atoms with Crippen LogP contribution in [0.4, 0.5) is 11.4 Å². The van der Waals surface area contributed by atoms with Gasteiger partial charge in [0.05, 0.1) is 17.5 Å². The lowest BCUT2D eigenvalue weighted by atomic mass is 9.97. The molecule has 8 nitrogen and oxygen atoms in total. The Morgan fingerprint density at radius 2 is 1.18 bits per heavy atom. The Morgan fingerprint density at radius 1 is 0.765 bits per heavy atom. The molecule has 2 N–H and O–H groups in total. The van der Waals surface area contributed by atoms with Crippen molar-refractivity contribution < 1.29 is 22.3 Å². The zero-order valence-corrected chi connectivity index (χ0v) is 32.4. The topological polar surface area (TPSA) is 93.6 Å². The second kappa shape index (κ2) is 19.2. The SMILES string of the molecule is CCN(CC)C(C)CN1c2ccccc2Sc2ccccc21.CN1C2CCC1CC(OC(c1ccccc1)c1ccccc1)C2.Cl.O=S(=O)(O)O. The summed E-state index contributed by atoms with van der Waals surface area (Å²) < 4.78 is 38.2. The van der Waals surface area contributed by atoms with Gasteiger partial charge in [-0.05, 0) is 88.1 Å². The van der Waals surface area contributed by atoms with Crippen molar-refractivity contribution >= 4 is 45.9 Å². The summed E-state index contributed by atoms with van der Waals surface area (Å²) in [6.45, 7) is 10.0. The molecule has 3 heterocycles. The number of rotatable bonds is 9. The van der Waals surface area contributed by atoms with E-state index in [9.17, 15) is 0 Å². The first-order valence-electron chi connectivity index (χ1n) is 17.6. The quantitative estimate of drug-likeness (QED) is 0.162. The summed E-state index contributed by atoms with van der Waals surface area (Å²) in [5.41, 5.74) is 5.19. The number of fused-ring (bicyclic) bond motifs is 4. The van der Waals surface area contributed by atoms with Gasteiger partial charge in [0.2, 0.25) is 0 Å². The van der Waals surface area contributed by atoms with Gasteiger partial charge in [-0.1, -0.05) is 111 Å². The molecule has 11 heteroatoms. The van der Waals surface area contributed by atoms with Crippen molar-refractivity contribution in [3.8, 4) is 0 Å². The van der Waals surface area contributed by atoms with Gasteiger partial charge in [0.15, 0.2) is 0 Å². The molecular weight excluding hydrogens is 702 g/mol. The molecule has 0 aliphatic carbocycles. The van der Waals surface area contributed by atoms with Crippen LogP contribution >= 0.6 is 24.2 Å². The van der Waals surface area contributed by atoms with Gasteiger partial charge in [0.25, 0.3) is 0 Å². The molecule has 2 saturated heterocycles. The number of para-hydroxylation sites is 2. The Kier molecular flexibility index (Phi) is 15.4. The summed E-state index contributed by atoms with van der Waals surface area (Å²) in [7, 11) is -2.38. The van der Waals surface area contributed by atoms with Gasteiger partial charge >= 0.3 is 10.4 Å². The normalized spacial score (nSPS) is 19.8. The standard InChI is InChI=1S/C21H25NO.C19H24N2S.ClH.H2O4S/c1-22-18-12-13-19(22)15-20(14-18)23-21(16-8-4-2-5-9-16)17-10-6-3-7-11-17;1-4-20(5-2)15(3)14-21-16-10-6-8-12-18(16)22-19-13-9-7-11-17(19)21;;1-5(2,3)4/h2-11,18-21H,12-15H2,1H3;6-13,15H,4-5,14H2,1-3H3;1H;(H2,1,2,3,4). The van der Waals surface area contributed by atoms with Crippen LogP contribution in [-0.4, -0.2) is 78.2 Å². The summed E-state index contributed by atoms with van der Waals surface area (Å²) >= 11 is 1.88. The lowest BCUT2D eigenvalue weighted by Gasteiger charge is -2.38. The Hall–Kier alpha value is -2.93. The fourth-order valence-corrected chi connectivity index (χ4v) is 8.57. The van der Waals surface area contributed by atoms with E-state index in [0.29, 0.717) is 24.2 Å². The highest BCUT2D eigenvalue weighted by Gasteiger charge is 2.39. The first-order valence-corrected chi connectivity index (χ1v) is 19.8. The van der Waals surface area contributed by atoms with Gasteiger partial charge < -0.3 is 14.5 Å². The van der Waals surface area contributed by atoms with Crippen molar-refractivity contribution in [3.63, 3.8) is 0 Å². The second-order valence-electron chi connectivity index (χ2n) is 13.1. The summed E-state index contributed by atoms with van der Waals surface area (Å²) in [6, 6.07) is 40.7. The van der Waals surface area contributed by atoms with E-state index in [2.05, 4.69) is 152 Å². The van der Waals surface area contributed by atoms with E-state index in [0.717, 1.165) is 19.6 Å². The fourth-order valence-electron chi connectivity index (χ4n) is 7.47. The van der Waals surface area contributed by atoms with Gasteiger partial charge in [-0.15, -0.1) is 12.4 Å². The molecule has 3 unspecified atom stereocenters. The minimum atomic E-state index is -4.67. The summed E-state index contributed by atoms with van der Waals surface area (Å²) in [5.74, 6) is 0. The van der Waals surface area contributed by atoms with Crippen LogP contribution in [-0.2, 0) is 15.1 Å². The van der Waals surface area contributed by atoms with Crippen LogP contribution in [0.15, 0.2) is 119 Å². The average Bonchev–Trinajstić information content (AvgIpc) is 3.30. The van der Waals surface area contributed by atoms with E-state index in [4.69, 9.17) is 22.3 Å². The number of anilines is 2. The second-order valence-corrected chi connectivity index (χ2v) is 15.1. The van der Waals surface area contributed by atoms with Gasteiger partial charge in [-0.25, -0.2) is 0 Å². The fraction of sp³-hybridized carbons (Fsp3) is 0.400. The molecule has 3 aliphatic heterocycles. The van der Waals surface area contributed by atoms with Crippen LogP contribution < -0.4 is 4.90 Å². The van der Waals surface area contributed by atoms with Crippen LogP contribution in [0.5, 0.6) is 0 Å². The number of ether oxygens (including phenoxy) is 1. The van der Waals surface area contributed by atoms with Crippen molar-refractivity contribution in [1.82, 2.24) is 9.80 Å². The minimum Gasteiger partial charge on any atom is -0.365 e. The highest BCUT2D eigenvalue weighted by molar-refractivity contribution is 7.99. The Balaban J connectivity index is 0.000000199. The van der Waals surface area contributed by atoms with Gasteiger partial charge in [-0.2, -0.15) is 8.42 Å². The molecule has 276 valence electrons. The minimum absolute atomic E-state index is 0. The Bertz CT molecular complexity index is 1640. The summed E-state index contributed by atoms with van der Waals surface area (Å²) in [5, 5.41) is 0. The molecule has 3 aliphatic rings. The molecule has 51 heavy (non-hydrogen) atoms. The van der Waals surface area contributed by atoms with Crippen LogP contribution in [0.3, 0.4) is 0 Å². The maximum Gasteiger partial charge on any atom is 0.394 e. The van der Waals surface area contributed by atoms with E-state index in [1.807, 2.05) is 11.8 Å². The number of nitrogens with zero attached hydrogens (tertiary/aromatic N) is 3. The van der Waals surface area contributed by atoms with Crippen molar-refractivity contribution in [2.24, 2.45) is 0 Å². The summed E-state index contributed by atoms with van der Waals surface area (Å²) in [6.07, 6.45) is 5.43. The number of likely N-dealkylation sites (N-methyl/N-ethyl adjacent to an activating group) is 1. The van der Waals surface area contributed by atoms with Gasteiger partial charge in [-0.3, -0.25) is 14.0 Å². The molecule has 4 aromatic rings. The first-order chi connectivity index (χ1) is 24.1. The molecule has 0 saturated carbocycles. The van der Waals surface area contributed by atoms with E-state index >= 15 is 0 Å². The number of hydrogen-bond acceptors (Lipinski definition) is 7. The number of benzene rings is 4. The predicted molar refractivity (Wildman–Crippen MR) is 211 cm³/mol. The molecule has 2 fully saturated rings. The van der Waals surface area contributed by atoms with E-state index in [-0.39, 0.29) is 18.5 Å².